The molecule has 0 saturated carbocycles. The predicted molar refractivity (Wildman–Crippen MR) is 178 cm³/mol. The Kier molecular flexibility index (Phi) is 13.4. The monoisotopic (exact) mass is 661 g/mol. The van der Waals surface area contributed by atoms with E-state index in [0.29, 0.717) is 40.1 Å². The van der Waals surface area contributed by atoms with Gasteiger partial charge in [-0.25, -0.2) is 8.42 Å². The first-order valence-electron chi connectivity index (χ1n) is 14.7. The summed E-state index contributed by atoms with van der Waals surface area (Å²) in [6, 6.07) is 20.5. The van der Waals surface area contributed by atoms with Gasteiger partial charge in [-0.2, -0.15) is 0 Å². The highest BCUT2D eigenvalue weighted by molar-refractivity contribution is 7.92. The molecule has 1 N–H and O–H groups in total. The number of carbonyl (C=O) groups excluding carboxylic acids is 2. The summed E-state index contributed by atoms with van der Waals surface area (Å²) in [5.74, 6) is 0.0955. The van der Waals surface area contributed by atoms with Gasteiger partial charge in [0, 0.05) is 32.0 Å². The van der Waals surface area contributed by atoms with Gasteiger partial charge < -0.3 is 15.0 Å². The summed E-state index contributed by atoms with van der Waals surface area (Å²) in [6.07, 6.45) is 2.43. The SMILES string of the molecule is CCOc1ccc(N(CCCC(=O)N(Cc2ccc(Cl)c(Cl)c2)[C@H](Cc2ccccc2)C(=O)N[C@H](C)CC)S(C)(=O)=O)cc1. The molecule has 8 nitrogen and oxygen atoms in total. The van der Waals surface area contributed by atoms with Crippen molar-refractivity contribution in [2.24, 2.45) is 0 Å². The molecule has 3 rings (SSSR count). The minimum absolute atomic E-state index is 0.0201. The van der Waals surface area contributed by atoms with Crippen molar-refractivity contribution in [3.8, 4) is 5.75 Å². The van der Waals surface area contributed by atoms with Gasteiger partial charge >= 0.3 is 0 Å². The Labute approximate surface area is 271 Å². The van der Waals surface area contributed by atoms with Crippen LogP contribution in [-0.4, -0.2) is 56.6 Å². The van der Waals surface area contributed by atoms with E-state index >= 15 is 0 Å². The first-order valence-corrected chi connectivity index (χ1v) is 17.3. The molecule has 3 aromatic rings. The molecule has 0 aliphatic carbocycles. The van der Waals surface area contributed by atoms with E-state index in [-0.39, 0.29) is 43.8 Å². The smallest absolute Gasteiger partial charge is 0.243 e. The summed E-state index contributed by atoms with van der Waals surface area (Å²) in [5.41, 5.74) is 2.10. The second kappa shape index (κ2) is 16.7. The molecule has 2 amide bonds. The maximum Gasteiger partial charge on any atom is 0.243 e. The van der Waals surface area contributed by atoms with Crippen LogP contribution in [0, 0.1) is 0 Å². The average Bonchev–Trinajstić information content (AvgIpc) is 2.99. The zero-order valence-corrected chi connectivity index (χ0v) is 28.0. The zero-order chi connectivity index (χ0) is 32.3. The Morgan fingerprint density at radius 2 is 1.61 bits per heavy atom. The molecule has 44 heavy (non-hydrogen) atoms. The van der Waals surface area contributed by atoms with Crippen LogP contribution in [0.25, 0.3) is 0 Å². The molecule has 0 spiro atoms. The molecule has 2 atom stereocenters. The molecule has 0 aliphatic heterocycles. The van der Waals surface area contributed by atoms with Crippen LogP contribution in [0.2, 0.25) is 10.0 Å². The Bertz CT molecular complexity index is 1490. The van der Waals surface area contributed by atoms with Crippen LogP contribution in [0.3, 0.4) is 0 Å². The molecule has 0 aromatic heterocycles. The largest absolute Gasteiger partial charge is 0.494 e. The van der Waals surface area contributed by atoms with Gasteiger partial charge in [0.05, 0.1) is 28.6 Å². The third-order valence-electron chi connectivity index (χ3n) is 7.20. The summed E-state index contributed by atoms with van der Waals surface area (Å²) in [5, 5.41) is 3.78. The number of halogens is 2. The molecular weight excluding hydrogens is 621 g/mol. The lowest BCUT2D eigenvalue weighted by Gasteiger charge is -2.33. The number of nitrogens with zero attached hydrogens (tertiary/aromatic N) is 2. The molecular formula is C33H41Cl2N3O5S. The number of anilines is 1. The molecule has 0 heterocycles. The van der Waals surface area contributed by atoms with E-state index in [9.17, 15) is 18.0 Å². The fourth-order valence-electron chi connectivity index (χ4n) is 4.71. The molecule has 0 fully saturated rings. The minimum atomic E-state index is -3.63. The number of benzene rings is 3. The Morgan fingerprint density at radius 3 is 2.20 bits per heavy atom. The standard InChI is InChI=1S/C33H41Cl2N3O5S/c1-5-24(3)36-33(40)31(22-25-11-8-7-9-12-25)37(23-26-14-19-29(34)30(35)21-26)32(39)13-10-20-38(44(4,41)42)27-15-17-28(18-16-27)43-6-2/h7-9,11-12,14-19,21,24,31H,5-6,10,13,20,22-23H2,1-4H3,(H,36,40)/t24-,31-/m1/s1. The molecule has 0 radical (unpaired) electrons. The number of sulfonamides is 1. The lowest BCUT2D eigenvalue weighted by atomic mass is 10.0. The van der Waals surface area contributed by atoms with Crippen molar-refractivity contribution in [3.63, 3.8) is 0 Å². The predicted octanol–water partition coefficient (Wildman–Crippen LogP) is 6.49. The fraction of sp³-hybridized carbons (Fsp3) is 0.394. The summed E-state index contributed by atoms with van der Waals surface area (Å²) < 4.78 is 32.2. The van der Waals surface area contributed by atoms with Crippen LogP contribution in [-0.2, 0) is 32.6 Å². The number of hydrogen-bond acceptors (Lipinski definition) is 5. The van der Waals surface area contributed by atoms with Crippen molar-refractivity contribution in [1.29, 1.82) is 0 Å². The van der Waals surface area contributed by atoms with Crippen molar-refractivity contribution in [2.75, 3.05) is 23.7 Å². The third-order valence-corrected chi connectivity index (χ3v) is 9.13. The fourth-order valence-corrected chi connectivity index (χ4v) is 6.00. The van der Waals surface area contributed by atoms with Gasteiger partial charge in [0.2, 0.25) is 21.8 Å². The summed E-state index contributed by atoms with van der Waals surface area (Å²) in [6.45, 7) is 6.47. The molecule has 0 bridgehead atoms. The second-order valence-corrected chi connectivity index (χ2v) is 13.4. The Balaban J connectivity index is 1.89. The molecule has 3 aromatic carbocycles. The first-order chi connectivity index (χ1) is 20.9. The van der Waals surface area contributed by atoms with Crippen molar-refractivity contribution < 1.29 is 22.7 Å². The van der Waals surface area contributed by atoms with Crippen LogP contribution >= 0.6 is 23.2 Å². The van der Waals surface area contributed by atoms with E-state index in [0.717, 1.165) is 18.2 Å². The lowest BCUT2D eigenvalue weighted by Crippen LogP contribution is -2.52. The van der Waals surface area contributed by atoms with Crippen LogP contribution < -0.4 is 14.4 Å². The normalized spacial score (nSPS) is 12.7. The van der Waals surface area contributed by atoms with Crippen LogP contribution in [0.4, 0.5) is 5.69 Å². The third kappa shape index (κ3) is 10.4. The maximum atomic E-state index is 14.0. The van der Waals surface area contributed by atoms with Gasteiger partial charge in [-0.3, -0.25) is 13.9 Å². The summed E-state index contributed by atoms with van der Waals surface area (Å²) in [4.78, 5) is 29.2. The van der Waals surface area contributed by atoms with Gasteiger partial charge in [-0.1, -0.05) is 66.5 Å². The minimum Gasteiger partial charge on any atom is -0.494 e. The van der Waals surface area contributed by atoms with Crippen molar-refractivity contribution in [2.45, 2.75) is 65.1 Å². The van der Waals surface area contributed by atoms with Gasteiger partial charge in [0.1, 0.15) is 11.8 Å². The summed E-state index contributed by atoms with van der Waals surface area (Å²) in [7, 11) is -3.63. The van der Waals surface area contributed by atoms with E-state index in [1.165, 1.54) is 4.31 Å². The highest BCUT2D eigenvalue weighted by Crippen LogP contribution is 2.26. The van der Waals surface area contributed by atoms with Crippen LogP contribution in [0.5, 0.6) is 5.75 Å². The van der Waals surface area contributed by atoms with Crippen molar-refractivity contribution >= 4 is 50.7 Å². The number of amides is 2. The molecule has 0 unspecified atom stereocenters. The summed E-state index contributed by atoms with van der Waals surface area (Å²) >= 11 is 12.4. The molecule has 0 saturated heterocycles. The molecule has 238 valence electrons. The quantitative estimate of drug-likeness (QED) is 0.189. The van der Waals surface area contributed by atoms with Gasteiger partial charge in [-0.15, -0.1) is 0 Å². The number of carbonyl (C=O) groups is 2. The Hall–Kier alpha value is -3.27. The van der Waals surface area contributed by atoms with Crippen molar-refractivity contribution in [1.82, 2.24) is 10.2 Å². The molecule has 0 aliphatic rings. The van der Waals surface area contributed by atoms with E-state index in [1.54, 1.807) is 47.4 Å². The van der Waals surface area contributed by atoms with E-state index in [2.05, 4.69) is 5.32 Å². The zero-order valence-electron chi connectivity index (χ0n) is 25.6. The van der Waals surface area contributed by atoms with Gasteiger partial charge in [0.25, 0.3) is 0 Å². The van der Waals surface area contributed by atoms with Crippen molar-refractivity contribution in [3.05, 3.63) is 94.0 Å². The number of nitrogens with one attached hydrogen (secondary N) is 1. The molecule has 11 heteroatoms. The maximum absolute atomic E-state index is 14.0. The second-order valence-electron chi connectivity index (χ2n) is 10.7. The highest BCUT2D eigenvalue weighted by atomic mass is 35.5. The van der Waals surface area contributed by atoms with E-state index in [1.807, 2.05) is 51.1 Å². The van der Waals surface area contributed by atoms with E-state index in [4.69, 9.17) is 27.9 Å². The highest BCUT2D eigenvalue weighted by Gasteiger charge is 2.31. The van der Waals surface area contributed by atoms with E-state index < -0.39 is 16.1 Å². The topological polar surface area (TPSA) is 96.0 Å². The first kappa shape index (κ1) is 35.2. The van der Waals surface area contributed by atoms with Crippen LogP contribution in [0.1, 0.15) is 51.2 Å². The number of rotatable bonds is 16. The lowest BCUT2D eigenvalue weighted by molar-refractivity contribution is -0.141. The van der Waals surface area contributed by atoms with Crippen LogP contribution in [0.15, 0.2) is 72.8 Å². The number of hydrogen-bond donors (Lipinski definition) is 1. The average molecular weight is 663 g/mol. The van der Waals surface area contributed by atoms with Gasteiger partial charge in [0.15, 0.2) is 0 Å². The Morgan fingerprint density at radius 1 is 0.932 bits per heavy atom. The number of ether oxygens (including phenoxy) is 1. The van der Waals surface area contributed by atoms with Gasteiger partial charge in [-0.05, 0) is 74.2 Å².